The van der Waals surface area contributed by atoms with Gasteiger partial charge in [-0.2, -0.15) is 0 Å². The Morgan fingerprint density at radius 1 is 1.09 bits per heavy atom. The SMILES string of the molecule is COc1ccc(OCc2nnc(SCC(=O)NC3CCCC3)n2-c2cc(C)ccc2C)cc1. The number of carbonyl (C=O) groups excluding carboxylic acids is 1. The molecule has 1 aliphatic rings. The lowest BCUT2D eigenvalue weighted by atomic mass is 10.1. The molecule has 0 saturated heterocycles. The van der Waals surface area contributed by atoms with Gasteiger partial charge in [0.2, 0.25) is 5.91 Å². The van der Waals surface area contributed by atoms with Gasteiger partial charge in [-0.25, -0.2) is 0 Å². The molecule has 0 atom stereocenters. The summed E-state index contributed by atoms with van der Waals surface area (Å²) in [6.45, 7) is 4.37. The van der Waals surface area contributed by atoms with Crippen LogP contribution in [0.25, 0.3) is 5.69 Å². The maximum atomic E-state index is 12.5. The maximum Gasteiger partial charge on any atom is 0.230 e. The Morgan fingerprint density at radius 3 is 2.55 bits per heavy atom. The minimum Gasteiger partial charge on any atom is -0.497 e. The van der Waals surface area contributed by atoms with E-state index in [2.05, 4.69) is 47.6 Å². The largest absolute Gasteiger partial charge is 0.497 e. The van der Waals surface area contributed by atoms with Crippen molar-refractivity contribution >= 4 is 17.7 Å². The van der Waals surface area contributed by atoms with Crippen molar-refractivity contribution in [2.45, 2.75) is 57.3 Å². The number of hydrogen-bond acceptors (Lipinski definition) is 6. The van der Waals surface area contributed by atoms with Crippen LogP contribution < -0.4 is 14.8 Å². The molecule has 0 unspecified atom stereocenters. The van der Waals surface area contributed by atoms with Crippen molar-refractivity contribution in [2.24, 2.45) is 0 Å². The van der Waals surface area contributed by atoms with Gasteiger partial charge in [0.15, 0.2) is 11.0 Å². The smallest absolute Gasteiger partial charge is 0.230 e. The number of aryl methyl sites for hydroxylation is 2. The average molecular weight is 467 g/mol. The Morgan fingerprint density at radius 2 is 1.82 bits per heavy atom. The Hall–Kier alpha value is -3.00. The molecule has 0 spiro atoms. The highest BCUT2D eigenvalue weighted by atomic mass is 32.2. The van der Waals surface area contributed by atoms with Gasteiger partial charge >= 0.3 is 0 Å². The summed E-state index contributed by atoms with van der Waals surface area (Å²) in [6, 6.07) is 14.0. The Balaban J connectivity index is 1.53. The quantitative estimate of drug-likeness (QED) is 0.464. The molecule has 1 heterocycles. The Kier molecular flexibility index (Phi) is 7.54. The molecule has 1 fully saturated rings. The molecule has 1 amide bonds. The Labute approximate surface area is 198 Å². The van der Waals surface area contributed by atoms with E-state index in [1.807, 2.05) is 28.8 Å². The van der Waals surface area contributed by atoms with Crippen molar-refractivity contribution in [1.29, 1.82) is 0 Å². The third kappa shape index (κ3) is 5.87. The molecule has 0 aliphatic heterocycles. The first-order chi connectivity index (χ1) is 16.0. The van der Waals surface area contributed by atoms with Gasteiger partial charge in [0.25, 0.3) is 0 Å². The first-order valence-electron chi connectivity index (χ1n) is 11.2. The fourth-order valence-electron chi connectivity index (χ4n) is 3.98. The molecule has 0 radical (unpaired) electrons. The number of hydrogen-bond donors (Lipinski definition) is 1. The number of ether oxygens (including phenoxy) is 2. The third-order valence-electron chi connectivity index (χ3n) is 5.79. The highest BCUT2D eigenvalue weighted by molar-refractivity contribution is 7.99. The predicted molar refractivity (Wildman–Crippen MR) is 129 cm³/mol. The molecule has 4 rings (SSSR count). The van der Waals surface area contributed by atoms with Crippen molar-refractivity contribution in [3.05, 3.63) is 59.4 Å². The standard InChI is InChI=1S/C25H30N4O3S/c1-17-8-9-18(2)22(14-17)29-23(15-32-21-12-10-20(31-3)11-13-21)27-28-25(29)33-16-24(30)26-19-6-4-5-7-19/h8-14,19H,4-7,15-16H2,1-3H3,(H,26,30). The lowest BCUT2D eigenvalue weighted by Gasteiger charge is -2.15. The van der Waals surface area contributed by atoms with Crippen LogP contribution >= 0.6 is 11.8 Å². The van der Waals surface area contributed by atoms with Crippen molar-refractivity contribution < 1.29 is 14.3 Å². The molecule has 174 valence electrons. The summed E-state index contributed by atoms with van der Waals surface area (Å²) in [5.74, 6) is 2.52. The highest BCUT2D eigenvalue weighted by Gasteiger charge is 2.20. The minimum atomic E-state index is 0.0402. The van der Waals surface area contributed by atoms with E-state index in [1.165, 1.54) is 24.6 Å². The number of nitrogens with one attached hydrogen (secondary N) is 1. The van der Waals surface area contributed by atoms with Crippen LogP contribution in [0, 0.1) is 13.8 Å². The van der Waals surface area contributed by atoms with Crippen LogP contribution in [0.4, 0.5) is 0 Å². The summed E-state index contributed by atoms with van der Waals surface area (Å²) in [7, 11) is 1.63. The van der Waals surface area contributed by atoms with Crippen molar-refractivity contribution in [2.75, 3.05) is 12.9 Å². The van der Waals surface area contributed by atoms with E-state index in [1.54, 1.807) is 7.11 Å². The first-order valence-corrected chi connectivity index (χ1v) is 12.2. The lowest BCUT2D eigenvalue weighted by molar-refractivity contribution is -0.119. The summed E-state index contributed by atoms with van der Waals surface area (Å²) < 4.78 is 13.2. The van der Waals surface area contributed by atoms with E-state index >= 15 is 0 Å². The molecule has 2 aromatic carbocycles. The number of benzene rings is 2. The average Bonchev–Trinajstić information content (AvgIpc) is 3.48. The summed E-state index contributed by atoms with van der Waals surface area (Å²) in [5, 5.41) is 12.6. The zero-order valence-electron chi connectivity index (χ0n) is 19.3. The fourth-order valence-corrected chi connectivity index (χ4v) is 4.75. The van der Waals surface area contributed by atoms with Crippen LogP contribution in [-0.2, 0) is 11.4 Å². The van der Waals surface area contributed by atoms with Crippen molar-refractivity contribution in [1.82, 2.24) is 20.1 Å². The van der Waals surface area contributed by atoms with Gasteiger partial charge in [0.1, 0.15) is 18.1 Å². The van der Waals surface area contributed by atoms with Crippen LogP contribution in [0.15, 0.2) is 47.6 Å². The van der Waals surface area contributed by atoms with Gasteiger partial charge < -0.3 is 14.8 Å². The highest BCUT2D eigenvalue weighted by Crippen LogP contribution is 2.27. The van der Waals surface area contributed by atoms with E-state index in [0.29, 0.717) is 22.8 Å². The van der Waals surface area contributed by atoms with Crippen molar-refractivity contribution in [3.8, 4) is 17.2 Å². The molecule has 1 aromatic heterocycles. The van der Waals surface area contributed by atoms with E-state index < -0.39 is 0 Å². The number of rotatable bonds is 9. The number of methoxy groups -OCH3 is 1. The fraction of sp³-hybridized carbons (Fsp3) is 0.400. The summed E-state index contributed by atoms with van der Waals surface area (Å²) in [5.41, 5.74) is 3.23. The van der Waals surface area contributed by atoms with Gasteiger partial charge in [-0.05, 0) is 68.1 Å². The van der Waals surface area contributed by atoms with Gasteiger partial charge in [0.05, 0.1) is 18.6 Å². The molecule has 0 bridgehead atoms. The minimum absolute atomic E-state index is 0.0402. The lowest BCUT2D eigenvalue weighted by Crippen LogP contribution is -2.33. The zero-order chi connectivity index (χ0) is 23.2. The van der Waals surface area contributed by atoms with E-state index in [4.69, 9.17) is 9.47 Å². The summed E-state index contributed by atoms with van der Waals surface area (Å²) >= 11 is 1.40. The number of carbonyl (C=O) groups is 1. The monoisotopic (exact) mass is 466 g/mol. The molecule has 3 aromatic rings. The van der Waals surface area contributed by atoms with E-state index in [0.717, 1.165) is 41.2 Å². The molecule has 1 N–H and O–H groups in total. The second-order valence-corrected chi connectivity index (χ2v) is 9.27. The van der Waals surface area contributed by atoms with Gasteiger partial charge in [-0.3, -0.25) is 9.36 Å². The summed E-state index contributed by atoms with van der Waals surface area (Å²) in [6.07, 6.45) is 4.52. The first kappa shape index (κ1) is 23.2. The number of thioether (sulfide) groups is 1. The number of aromatic nitrogens is 3. The molecule has 1 saturated carbocycles. The second-order valence-electron chi connectivity index (χ2n) is 8.33. The Bertz CT molecular complexity index is 1090. The molecule has 7 nitrogen and oxygen atoms in total. The topological polar surface area (TPSA) is 78.3 Å². The molecular weight excluding hydrogens is 436 g/mol. The van der Waals surface area contributed by atoms with Crippen LogP contribution in [0.1, 0.15) is 42.6 Å². The van der Waals surface area contributed by atoms with E-state index in [-0.39, 0.29) is 12.5 Å². The molecule has 8 heteroatoms. The second kappa shape index (κ2) is 10.7. The summed E-state index contributed by atoms with van der Waals surface area (Å²) in [4.78, 5) is 12.5. The van der Waals surface area contributed by atoms with Gasteiger partial charge in [0, 0.05) is 6.04 Å². The van der Waals surface area contributed by atoms with Gasteiger partial charge in [-0.15, -0.1) is 10.2 Å². The van der Waals surface area contributed by atoms with Gasteiger partial charge in [-0.1, -0.05) is 36.7 Å². The molecular formula is C25H30N4O3S. The maximum absolute atomic E-state index is 12.5. The third-order valence-corrected chi connectivity index (χ3v) is 6.71. The zero-order valence-corrected chi connectivity index (χ0v) is 20.2. The van der Waals surface area contributed by atoms with Crippen molar-refractivity contribution in [3.63, 3.8) is 0 Å². The molecule has 1 aliphatic carbocycles. The molecule has 33 heavy (non-hydrogen) atoms. The van der Waals surface area contributed by atoms with Crippen LogP contribution in [0.2, 0.25) is 0 Å². The van der Waals surface area contributed by atoms with Crippen LogP contribution in [0.3, 0.4) is 0 Å². The van der Waals surface area contributed by atoms with Crippen LogP contribution in [0.5, 0.6) is 11.5 Å². The normalized spacial score (nSPS) is 13.8. The predicted octanol–water partition coefficient (Wildman–Crippen LogP) is 4.62. The van der Waals surface area contributed by atoms with E-state index in [9.17, 15) is 4.79 Å². The number of amides is 1. The van der Waals surface area contributed by atoms with Crippen LogP contribution in [-0.4, -0.2) is 39.6 Å². The number of nitrogens with zero attached hydrogens (tertiary/aromatic N) is 3.